The molecular weight excluding hydrogens is 248 g/mol. The van der Waals surface area contributed by atoms with Crippen LogP contribution in [-0.4, -0.2) is 32.8 Å². The van der Waals surface area contributed by atoms with E-state index in [9.17, 15) is 8.42 Å². The Labute approximate surface area is 111 Å². The Balaban J connectivity index is 1.67. The third kappa shape index (κ3) is 3.45. The Morgan fingerprint density at radius 2 is 2.00 bits per heavy atom. The van der Waals surface area contributed by atoms with Gasteiger partial charge in [0.25, 0.3) is 0 Å². The zero-order chi connectivity index (χ0) is 13.2. The summed E-state index contributed by atoms with van der Waals surface area (Å²) < 4.78 is 26.1. The number of sulfonamides is 1. The standard InChI is InChI=1S/C13H26N2O2S/c1-3-13(7-4-8-13)10-14-11(2)9-15-18(16,17)12-5-6-12/h11-12,14-15H,3-10H2,1-2H3. The fourth-order valence-electron chi connectivity index (χ4n) is 2.53. The molecule has 0 aromatic heterocycles. The summed E-state index contributed by atoms with van der Waals surface area (Å²) in [6, 6.07) is 0.211. The Kier molecular flexibility index (Phi) is 4.34. The first kappa shape index (κ1) is 14.3. The molecule has 2 fully saturated rings. The lowest BCUT2D eigenvalue weighted by molar-refractivity contribution is 0.120. The molecule has 0 bridgehead atoms. The van der Waals surface area contributed by atoms with E-state index in [1.54, 1.807) is 0 Å². The van der Waals surface area contributed by atoms with Crippen LogP contribution in [0.3, 0.4) is 0 Å². The van der Waals surface area contributed by atoms with E-state index in [-0.39, 0.29) is 11.3 Å². The number of rotatable bonds is 8. The van der Waals surface area contributed by atoms with E-state index < -0.39 is 10.0 Å². The molecule has 0 heterocycles. The second kappa shape index (κ2) is 5.47. The molecule has 0 saturated heterocycles. The second-order valence-electron chi connectivity index (χ2n) is 6.08. The zero-order valence-electron chi connectivity index (χ0n) is 11.5. The molecule has 1 unspecified atom stereocenters. The minimum atomic E-state index is -3.02. The normalized spacial score (nSPS) is 24.6. The molecule has 0 radical (unpaired) electrons. The third-order valence-electron chi connectivity index (χ3n) is 4.54. The fourth-order valence-corrected chi connectivity index (χ4v) is 4.01. The molecule has 0 spiro atoms. The molecule has 0 amide bonds. The van der Waals surface area contributed by atoms with Crippen molar-refractivity contribution in [2.75, 3.05) is 13.1 Å². The van der Waals surface area contributed by atoms with E-state index in [0.717, 1.165) is 19.4 Å². The van der Waals surface area contributed by atoms with E-state index in [1.165, 1.54) is 25.7 Å². The van der Waals surface area contributed by atoms with Gasteiger partial charge in [0.05, 0.1) is 5.25 Å². The minimum Gasteiger partial charge on any atom is -0.312 e. The van der Waals surface area contributed by atoms with Crippen LogP contribution >= 0.6 is 0 Å². The topological polar surface area (TPSA) is 58.2 Å². The van der Waals surface area contributed by atoms with Crippen LogP contribution < -0.4 is 10.0 Å². The van der Waals surface area contributed by atoms with E-state index in [4.69, 9.17) is 0 Å². The SMILES string of the molecule is CCC1(CNC(C)CNS(=O)(=O)C2CC2)CCC1. The Morgan fingerprint density at radius 1 is 1.33 bits per heavy atom. The van der Waals surface area contributed by atoms with Crippen LogP contribution in [0, 0.1) is 5.41 Å². The summed E-state index contributed by atoms with van der Waals surface area (Å²) in [4.78, 5) is 0. The number of hydrogen-bond acceptors (Lipinski definition) is 3. The molecule has 0 aliphatic heterocycles. The van der Waals surface area contributed by atoms with Gasteiger partial charge in [-0.05, 0) is 44.4 Å². The zero-order valence-corrected chi connectivity index (χ0v) is 12.4. The summed E-state index contributed by atoms with van der Waals surface area (Å²) in [5.74, 6) is 0. The highest BCUT2D eigenvalue weighted by atomic mass is 32.2. The van der Waals surface area contributed by atoms with Crippen molar-refractivity contribution >= 4 is 10.0 Å². The number of hydrogen-bond donors (Lipinski definition) is 2. The van der Waals surface area contributed by atoms with E-state index in [0.29, 0.717) is 12.0 Å². The maximum atomic E-state index is 11.7. The molecule has 2 rings (SSSR count). The third-order valence-corrected chi connectivity index (χ3v) is 6.46. The van der Waals surface area contributed by atoms with Gasteiger partial charge < -0.3 is 5.32 Å². The van der Waals surface area contributed by atoms with Gasteiger partial charge in [0.15, 0.2) is 0 Å². The summed E-state index contributed by atoms with van der Waals surface area (Å²) in [5, 5.41) is 3.37. The average Bonchev–Trinajstić information content (AvgIpc) is 3.09. The lowest BCUT2D eigenvalue weighted by atomic mass is 9.67. The first-order chi connectivity index (χ1) is 8.47. The average molecular weight is 274 g/mol. The summed E-state index contributed by atoms with van der Waals surface area (Å²) in [5.41, 5.74) is 0.490. The summed E-state index contributed by atoms with van der Waals surface area (Å²) >= 11 is 0. The van der Waals surface area contributed by atoms with Crippen LogP contribution in [0.2, 0.25) is 0 Å². The van der Waals surface area contributed by atoms with Crippen molar-refractivity contribution < 1.29 is 8.42 Å². The molecule has 106 valence electrons. The van der Waals surface area contributed by atoms with Crippen molar-refractivity contribution in [1.82, 2.24) is 10.0 Å². The summed E-state index contributed by atoms with van der Waals surface area (Å²) in [6.07, 6.45) is 6.86. The first-order valence-corrected chi connectivity index (χ1v) is 8.74. The molecule has 18 heavy (non-hydrogen) atoms. The molecular formula is C13H26N2O2S. The van der Waals surface area contributed by atoms with Crippen LogP contribution in [0.1, 0.15) is 52.4 Å². The van der Waals surface area contributed by atoms with E-state index >= 15 is 0 Å². The van der Waals surface area contributed by atoms with E-state index in [1.807, 2.05) is 0 Å². The van der Waals surface area contributed by atoms with Gasteiger partial charge in [0, 0.05) is 19.1 Å². The van der Waals surface area contributed by atoms with Gasteiger partial charge >= 0.3 is 0 Å². The Hall–Kier alpha value is -0.130. The highest BCUT2D eigenvalue weighted by molar-refractivity contribution is 7.90. The first-order valence-electron chi connectivity index (χ1n) is 7.19. The highest BCUT2D eigenvalue weighted by Crippen LogP contribution is 2.43. The van der Waals surface area contributed by atoms with Gasteiger partial charge in [-0.1, -0.05) is 13.3 Å². The molecule has 2 N–H and O–H groups in total. The van der Waals surface area contributed by atoms with Gasteiger partial charge in [0.2, 0.25) is 10.0 Å². The predicted octanol–water partition coefficient (Wildman–Crippen LogP) is 1.63. The monoisotopic (exact) mass is 274 g/mol. The molecule has 1 atom stereocenters. The predicted molar refractivity (Wildman–Crippen MR) is 74.0 cm³/mol. The lowest BCUT2D eigenvalue weighted by Gasteiger charge is -2.42. The highest BCUT2D eigenvalue weighted by Gasteiger charge is 2.36. The largest absolute Gasteiger partial charge is 0.312 e. The van der Waals surface area contributed by atoms with Crippen LogP contribution in [0.4, 0.5) is 0 Å². The van der Waals surface area contributed by atoms with Crippen LogP contribution in [0.25, 0.3) is 0 Å². The van der Waals surface area contributed by atoms with Crippen LogP contribution in [-0.2, 0) is 10.0 Å². The van der Waals surface area contributed by atoms with Gasteiger partial charge in [0.1, 0.15) is 0 Å². The minimum absolute atomic E-state index is 0.113. The van der Waals surface area contributed by atoms with E-state index in [2.05, 4.69) is 23.9 Å². The summed E-state index contributed by atoms with van der Waals surface area (Å²) in [6.45, 7) is 5.84. The Bertz CT molecular complexity index is 367. The van der Waals surface area contributed by atoms with Crippen molar-refractivity contribution in [3.05, 3.63) is 0 Å². The van der Waals surface area contributed by atoms with Crippen molar-refractivity contribution in [2.24, 2.45) is 5.41 Å². The van der Waals surface area contributed by atoms with Crippen molar-refractivity contribution in [3.63, 3.8) is 0 Å². The van der Waals surface area contributed by atoms with Gasteiger partial charge in [-0.3, -0.25) is 0 Å². The summed E-state index contributed by atoms with van der Waals surface area (Å²) in [7, 11) is -3.02. The quantitative estimate of drug-likeness (QED) is 0.707. The molecule has 2 aliphatic rings. The molecule has 2 aliphatic carbocycles. The maximum absolute atomic E-state index is 11.7. The van der Waals surface area contributed by atoms with Gasteiger partial charge in [-0.2, -0.15) is 0 Å². The molecule has 2 saturated carbocycles. The van der Waals surface area contributed by atoms with Crippen LogP contribution in [0.15, 0.2) is 0 Å². The van der Waals surface area contributed by atoms with Gasteiger partial charge in [-0.15, -0.1) is 0 Å². The molecule has 0 aromatic carbocycles. The lowest BCUT2D eigenvalue weighted by Crippen LogP contribution is -2.46. The van der Waals surface area contributed by atoms with Crippen molar-refractivity contribution in [2.45, 2.75) is 63.7 Å². The molecule has 4 nitrogen and oxygen atoms in total. The van der Waals surface area contributed by atoms with Crippen molar-refractivity contribution in [1.29, 1.82) is 0 Å². The Morgan fingerprint density at radius 3 is 2.44 bits per heavy atom. The smallest absolute Gasteiger partial charge is 0.214 e. The molecule has 0 aromatic rings. The van der Waals surface area contributed by atoms with Gasteiger partial charge in [-0.25, -0.2) is 13.1 Å². The van der Waals surface area contributed by atoms with Crippen LogP contribution in [0.5, 0.6) is 0 Å². The number of nitrogens with one attached hydrogen (secondary N) is 2. The second-order valence-corrected chi connectivity index (χ2v) is 8.13. The molecule has 5 heteroatoms. The maximum Gasteiger partial charge on any atom is 0.214 e. The van der Waals surface area contributed by atoms with Crippen molar-refractivity contribution in [3.8, 4) is 0 Å². The fraction of sp³-hybridized carbons (Fsp3) is 1.00.